The fourth-order valence-corrected chi connectivity index (χ4v) is 4.60. The van der Waals surface area contributed by atoms with E-state index in [0.29, 0.717) is 0 Å². The fraction of sp³-hybridized carbons (Fsp3) is 0.800. The molecule has 0 bridgehead atoms. The molecule has 0 spiro atoms. The molecule has 0 aliphatic heterocycles. The monoisotopic (exact) mass is 465 g/mol. The molecule has 0 aliphatic carbocycles. The van der Waals surface area contributed by atoms with Crippen LogP contribution in [0, 0.1) is 0 Å². The Morgan fingerprint density at radius 2 is 0.844 bits per heavy atom. The predicted molar refractivity (Wildman–Crippen MR) is 140 cm³/mol. The van der Waals surface area contributed by atoms with Crippen LogP contribution in [0.25, 0.3) is 0 Å². The van der Waals surface area contributed by atoms with Crippen molar-refractivity contribution < 1.29 is 17.7 Å². The van der Waals surface area contributed by atoms with E-state index in [1.165, 1.54) is 153 Å². The third-order valence-electron chi connectivity index (χ3n) is 6.74. The lowest BCUT2D eigenvalue weighted by Gasteiger charge is -2.04. The number of hydrogen-bond acceptors (Lipinski definition) is 0. The molecular weight excluding hydrogens is 410 g/mol. The summed E-state index contributed by atoms with van der Waals surface area (Å²) in [4.78, 5) is 0. The van der Waals surface area contributed by atoms with Crippen LogP contribution in [0.5, 0.6) is 0 Å². The van der Waals surface area contributed by atoms with Crippen LogP contribution >= 0.6 is 0 Å². The van der Waals surface area contributed by atoms with Gasteiger partial charge in [-0.25, -0.2) is 0 Å². The van der Waals surface area contributed by atoms with Crippen molar-refractivity contribution in [3.05, 3.63) is 35.9 Å². The van der Waals surface area contributed by atoms with Gasteiger partial charge in [0.2, 0.25) is 0 Å². The van der Waals surface area contributed by atoms with Gasteiger partial charge in [-0.2, -0.15) is 0 Å². The fourth-order valence-electron chi connectivity index (χ4n) is 4.60. The van der Waals surface area contributed by atoms with Crippen molar-refractivity contribution in [3.8, 4) is 0 Å². The Hall–Kier alpha value is -0.530. The summed E-state index contributed by atoms with van der Waals surface area (Å²) < 4.78 is 0. The highest BCUT2D eigenvalue weighted by molar-refractivity contribution is 5.14. The summed E-state index contributed by atoms with van der Waals surface area (Å²) in [7, 11) is 0. The summed E-state index contributed by atoms with van der Waals surface area (Å²) in [6.45, 7) is 4.85. The van der Waals surface area contributed by atoms with E-state index in [0.717, 1.165) is 0 Å². The van der Waals surface area contributed by atoms with E-state index in [2.05, 4.69) is 42.6 Å². The standard InChI is InChI=1S/C30H55N.ClH/c1-2-3-4-5-6-7-8-9-10-11-12-13-14-15-16-17-18-19-20-24-28-31-29-27-30-25-22-21-23-26-30;/h21-23,25-26,31H,2-20,24,27-29H2,1H3;1H. The predicted octanol–water partition coefficient (Wildman–Crippen LogP) is 5.62. The third kappa shape index (κ3) is 22.7. The van der Waals surface area contributed by atoms with Crippen LogP contribution in [-0.2, 0) is 6.42 Å². The van der Waals surface area contributed by atoms with Crippen LogP contribution in [0.3, 0.4) is 0 Å². The molecule has 0 fully saturated rings. The van der Waals surface area contributed by atoms with Gasteiger partial charge in [-0.15, -0.1) is 0 Å². The zero-order chi connectivity index (χ0) is 22.1. The van der Waals surface area contributed by atoms with E-state index >= 15 is 0 Å². The Labute approximate surface area is 208 Å². The second-order valence-corrected chi connectivity index (χ2v) is 9.82. The summed E-state index contributed by atoms with van der Waals surface area (Å²) in [5.41, 5.74) is 1.47. The molecule has 2 heteroatoms. The molecule has 0 heterocycles. The number of quaternary nitrogens is 1. The molecule has 188 valence electrons. The van der Waals surface area contributed by atoms with Crippen molar-refractivity contribution in [2.24, 2.45) is 0 Å². The van der Waals surface area contributed by atoms with E-state index in [1.54, 1.807) is 0 Å². The van der Waals surface area contributed by atoms with Crippen molar-refractivity contribution in [1.29, 1.82) is 0 Å². The number of halogens is 1. The zero-order valence-corrected chi connectivity index (χ0v) is 22.4. The van der Waals surface area contributed by atoms with Crippen LogP contribution in [0.4, 0.5) is 0 Å². The first-order valence-corrected chi connectivity index (χ1v) is 14.3. The van der Waals surface area contributed by atoms with Gasteiger partial charge in [0, 0.05) is 6.42 Å². The molecule has 0 unspecified atom stereocenters. The summed E-state index contributed by atoms with van der Waals surface area (Å²) in [5.74, 6) is 0. The lowest BCUT2D eigenvalue weighted by molar-refractivity contribution is -0.654. The van der Waals surface area contributed by atoms with Gasteiger partial charge in [0.1, 0.15) is 0 Å². The number of rotatable bonds is 24. The third-order valence-corrected chi connectivity index (χ3v) is 6.74. The largest absolute Gasteiger partial charge is 1.00 e. The molecule has 2 N–H and O–H groups in total. The second-order valence-electron chi connectivity index (χ2n) is 9.82. The van der Waals surface area contributed by atoms with E-state index < -0.39 is 0 Å². The average Bonchev–Trinajstić information content (AvgIpc) is 2.80. The molecule has 0 aliphatic rings. The normalized spacial score (nSPS) is 10.9. The Kier molecular flexibility index (Phi) is 26.3. The summed E-state index contributed by atoms with van der Waals surface area (Å²) in [5, 5.41) is 2.50. The lowest BCUT2D eigenvalue weighted by Crippen LogP contribution is -3.00. The Bertz CT molecular complexity index is 447. The molecule has 0 saturated heterocycles. The van der Waals surface area contributed by atoms with Crippen molar-refractivity contribution >= 4 is 0 Å². The molecule has 32 heavy (non-hydrogen) atoms. The molecule has 0 aromatic heterocycles. The van der Waals surface area contributed by atoms with Gasteiger partial charge in [-0.1, -0.05) is 153 Å². The highest BCUT2D eigenvalue weighted by Crippen LogP contribution is 2.14. The van der Waals surface area contributed by atoms with Crippen LogP contribution in [0.15, 0.2) is 30.3 Å². The van der Waals surface area contributed by atoms with Gasteiger partial charge in [-0.05, 0) is 18.4 Å². The van der Waals surface area contributed by atoms with Crippen LogP contribution in [0.1, 0.15) is 141 Å². The second kappa shape index (κ2) is 26.7. The van der Waals surface area contributed by atoms with Gasteiger partial charge in [0.05, 0.1) is 13.1 Å². The molecule has 1 aromatic rings. The molecule has 1 aromatic carbocycles. The molecule has 1 nitrogen and oxygen atoms in total. The molecular formula is C30H56ClN. The molecule has 0 amide bonds. The molecule has 1 rings (SSSR count). The van der Waals surface area contributed by atoms with Crippen LogP contribution in [-0.4, -0.2) is 13.1 Å². The minimum absolute atomic E-state index is 0. The Morgan fingerprint density at radius 3 is 1.25 bits per heavy atom. The van der Waals surface area contributed by atoms with Crippen LogP contribution in [0.2, 0.25) is 0 Å². The molecule has 0 radical (unpaired) electrons. The number of hydrogen-bond donors (Lipinski definition) is 1. The molecule has 0 saturated carbocycles. The summed E-state index contributed by atoms with van der Waals surface area (Å²) >= 11 is 0. The smallest absolute Gasteiger partial charge is 0.0796 e. The van der Waals surface area contributed by atoms with Gasteiger partial charge >= 0.3 is 0 Å². The van der Waals surface area contributed by atoms with Crippen molar-refractivity contribution in [1.82, 2.24) is 0 Å². The Morgan fingerprint density at radius 1 is 0.469 bits per heavy atom. The van der Waals surface area contributed by atoms with Gasteiger partial charge < -0.3 is 17.7 Å². The number of unbranched alkanes of at least 4 members (excludes halogenated alkanes) is 19. The number of nitrogens with two attached hydrogens (primary N) is 1. The maximum Gasteiger partial charge on any atom is 0.0796 e. The van der Waals surface area contributed by atoms with Crippen molar-refractivity contribution in [2.75, 3.05) is 13.1 Å². The van der Waals surface area contributed by atoms with E-state index in [1.807, 2.05) is 0 Å². The van der Waals surface area contributed by atoms with E-state index in [4.69, 9.17) is 0 Å². The summed E-state index contributed by atoms with van der Waals surface area (Å²) in [6.07, 6.45) is 30.5. The maximum atomic E-state index is 2.50. The SMILES string of the molecule is CCCCCCCCCCCCCCCCCCCCCC[NH2+]CCc1ccccc1.[Cl-]. The first-order valence-electron chi connectivity index (χ1n) is 14.3. The maximum absolute atomic E-state index is 2.50. The highest BCUT2D eigenvalue weighted by atomic mass is 35.5. The highest BCUT2D eigenvalue weighted by Gasteiger charge is 1.97. The van der Waals surface area contributed by atoms with E-state index in [9.17, 15) is 0 Å². The van der Waals surface area contributed by atoms with Gasteiger partial charge in [-0.3, -0.25) is 0 Å². The zero-order valence-electron chi connectivity index (χ0n) is 21.6. The van der Waals surface area contributed by atoms with E-state index in [-0.39, 0.29) is 12.4 Å². The number of benzene rings is 1. The van der Waals surface area contributed by atoms with Crippen molar-refractivity contribution in [2.45, 2.75) is 142 Å². The topological polar surface area (TPSA) is 16.6 Å². The first-order chi connectivity index (χ1) is 15.4. The average molecular weight is 466 g/mol. The summed E-state index contributed by atoms with van der Waals surface area (Å²) in [6, 6.07) is 10.9. The lowest BCUT2D eigenvalue weighted by atomic mass is 10.0. The first kappa shape index (κ1) is 31.5. The minimum Gasteiger partial charge on any atom is -1.00 e. The van der Waals surface area contributed by atoms with Crippen LogP contribution < -0.4 is 17.7 Å². The quantitative estimate of drug-likeness (QED) is 0.191. The Balaban J connectivity index is 0.00000961. The minimum atomic E-state index is 0. The van der Waals surface area contributed by atoms with Crippen molar-refractivity contribution in [3.63, 3.8) is 0 Å². The molecule has 0 atom stereocenters. The van der Waals surface area contributed by atoms with Gasteiger partial charge in [0.15, 0.2) is 0 Å². The van der Waals surface area contributed by atoms with Gasteiger partial charge in [0.25, 0.3) is 0 Å².